The van der Waals surface area contributed by atoms with Gasteiger partial charge in [0.1, 0.15) is 0 Å². The maximum Gasteiger partial charge on any atom is 0.221 e. The lowest BCUT2D eigenvalue weighted by atomic mass is 10.3. The lowest BCUT2D eigenvalue weighted by Gasteiger charge is -2.05. The standard InChI is InChI=1S/C13H16N4OS/c1-10(18)16-12-2-4-13(5-3-12)19-7-6-17-9-11(14)8-15-17/h2-5,8-9H,6-7,14H2,1H3,(H,16,18). The summed E-state index contributed by atoms with van der Waals surface area (Å²) in [6.07, 6.45) is 3.47. The number of nitrogens with one attached hydrogen (secondary N) is 1. The Bertz CT molecular complexity index is 550. The minimum atomic E-state index is -0.0586. The molecule has 0 atom stereocenters. The molecular weight excluding hydrogens is 260 g/mol. The van der Waals surface area contributed by atoms with E-state index in [-0.39, 0.29) is 5.91 Å². The first-order valence-corrected chi connectivity index (χ1v) is 6.90. The summed E-state index contributed by atoms with van der Waals surface area (Å²) < 4.78 is 1.83. The van der Waals surface area contributed by atoms with Gasteiger partial charge < -0.3 is 11.1 Å². The van der Waals surface area contributed by atoms with Gasteiger partial charge in [-0.25, -0.2) is 0 Å². The van der Waals surface area contributed by atoms with Crippen molar-refractivity contribution in [3.8, 4) is 0 Å². The van der Waals surface area contributed by atoms with Gasteiger partial charge in [-0.2, -0.15) is 5.10 Å². The Balaban J connectivity index is 1.81. The van der Waals surface area contributed by atoms with Crippen molar-refractivity contribution in [2.45, 2.75) is 18.4 Å². The number of nitrogen functional groups attached to an aromatic ring is 1. The van der Waals surface area contributed by atoms with Crippen LogP contribution in [0.15, 0.2) is 41.6 Å². The van der Waals surface area contributed by atoms with Gasteiger partial charge in [-0.3, -0.25) is 9.48 Å². The third kappa shape index (κ3) is 4.33. The number of aryl methyl sites for hydroxylation is 1. The van der Waals surface area contributed by atoms with Gasteiger partial charge in [0.15, 0.2) is 0 Å². The van der Waals surface area contributed by atoms with E-state index in [0.29, 0.717) is 5.69 Å². The molecule has 0 unspecified atom stereocenters. The van der Waals surface area contributed by atoms with Crippen LogP contribution < -0.4 is 11.1 Å². The van der Waals surface area contributed by atoms with Gasteiger partial charge >= 0.3 is 0 Å². The first-order valence-electron chi connectivity index (χ1n) is 5.92. The summed E-state index contributed by atoms with van der Waals surface area (Å²) >= 11 is 1.74. The van der Waals surface area contributed by atoms with Gasteiger partial charge in [0.25, 0.3) is 0 Å². The normalized spacial score (nSPS) is 10.4. The number of benzene rings is 1. The predicted molar refractivity (Wildman–Crippen MR) is 78.1 cm³/mol. The largest absolute Gasteiger partial charge is 0.396 e. The maximum absolute atomic E-state index is 10.9. The number of nitrogens with two attached hydrogens (primary N) is 1. The molecular formula is C13H16N4OS. The average Bonchev–Trinajstić information content (AvgIpc) is 2.77. The quantitative estimate of drug-likeness (QED) is 0.821. The van der Waals surface area contributed by atoms with Crippen LogP contribution in [0, 0.1) is 0 Å². The zero-order valence-electron chi connectivity index (χ0n) is 10.7. The fourth-order valence-electron chi connectivity index (χ4n) is 1.60. The molecule has 0 radical (unpaired) electrons. The molecule has 1 heterocycles. The summed E-state index contributed by atoms with van der Waals surface area (Å²) in [6.45, 7) is 2.31. The topological polar surface area (TPSA) is 72.9 Å². The smallest absolute Gasteiger partial charge is 0.221 e. The van der Waals surface area contributed by atoms with Crippen molar-refractivity contribution in [1.82, 2.24) is 9.78 Å². The fourth-order valence-corrected chi connectivity index (χ4v) is 2.44. The van der Waals surface area contributed by atoms with Gasteiger partial charge in [0.05, 0.1) is 18.4 Å². The van der Waals surface area contributed by atoms with Gasteiger partial charge in [0.2, 0.25) is 5.91 Å². The molecule has 3 N–H and O–H groups in total. The van der Waals surface area contributed by atoms with E-state index >= 15 is 0 Å². The van der Waals surface area contributed by atoms with Crippen LogP contribution in [0.25, 0.3) is 0 Å². The third-order valence-corrected chi connectivity index (χ3v) is 3.41. The van der Waals surface area contributed by atoms with Crippen molar-refractivity contribution in [2.24, 2.45) is 0 Å². The van der Waals surface area contributed by atoms with Crippen molar-refractivity contribution in [1.29, 1.82) is 0 Å². The number of hydrogen-bond donors (Lipinski definition) is 2. The minimum Gasteiger partial charge on any atom is -0.396 e. The first-order chi connectivity index (χ1) is 9.13. The number of amides is 1. The lowest BCUT2D eigenvalue weighted by molar-refractivity contribution is -0.114. The van der Waals surface area contributed by atoms with Gasteiger partial charge in [-0.05, 0) is 24.3 Å². The third-order valence-electron chi connectivity index (χ3n) is 2.42. The SMILES string of the molecule is CC(=O)Nc1ccc(SCCn2cc(N)cn2)cc1. The molecule has 0 aliphatic carbocycles. The van der Waals surface area contributed by atoms with E-state index in [4.69, 9.17) is 5.73 Å². The van der Waals surface area contributed by atoms with Crippen molar-refractivity contribution in [3.05, 3.63) is 36.7 Å². The van der Waals surface area contributed by atoms with Crippen molar-refractivity contribution in [3.63, 3.8) is 0 Å². The van der Waals surface area contributed by atoms with Crippen molar-refractivity contribution >= 4 is 29.0 Å². The predicted octanol–water partition coefficient (Wildman–Crippen LogP) is 2.22. The second kappa shape index (κ2) is 6.29. The van der Waals surface area contributed by atoms with Crippen molar-refractivity contribution in [2.75, 3.05) is 16.8 Å². The molecule has 2 rings (SSSR count). The number of carbonyl (C=O) groups excluding carboxylic acids is 1. The average molecular weight is 276 g/mol. The summed E-state index contributed by atoms with van der Waals surface area (Å²) in [6, 6.07) is 7.78. The van der Waals surface area contributed by atoms with Crippen LogP contribution in [-0.2, 0) is 11.3 Å². The number of hydrogen-bond acceptors (Lipinski definition) is 4. The summed E-state index contributed by atoms with van der Waals surface area (Å²) in [7, 11) is 0. The van der Waals surface area contributed by atoms with Gasteiger partial charge in [0, 0.05) is 29.5 Å². The molecule has 1 aromatic heterocycles. The van der Waals surface area contributed by atoms with Crippen LogP contribution in [0.1, 0.15) is 6.92 Å². The molecule has 0 saturated carbocycles. The zero-order chi connectivity index (χ0) is 13.7. The molecule has 1 amide bonds. The van der Waals surface area contributed by atoms with E-state index in [2.05, 4.69) is 10.4 Å². The molecule has 0 aliphatic rings. The summed E-state index contributed by atoms with van der Waals surface area (Å²) in [4.78, 5) is 12.1. The Morgan fingerprint density at radius 1 is 1.42 bits per heavy atom. The van der Waals surface area contributed by atoms with Gasteiger partial charge in [-0.15, -0.1) is 11.8 Å². The monoisotopic (exact) mass is 276 g/mol. The van der Waals surface area contributed by atoms with E-state index in [1.54, 1.807) is 18.0 Å². The highest BCUT2D eigenvalue weighted by Gasteiger charge is 1.99. The molecule has 19 heavy (non-hydrogen) atoms. The maximum atomic E-state index is 10.9. The van der Waals surface area contributed by atoms with Gasteiger partial charge in [-0.1, -0.05) is 0 Å². The molecule has 0 saturated heterocycles. The number of rotatable bonds is 5. The van der Waals surface area contributed by atoms with Crippen LogP contribution in [0.5, 0.6) is 0 Å². The molecule has 2 aromatic rings. The Morgan fingerprint density at radius 2 is 2.16 bits per heavy atom. The van der Waals surface area contributed by atoms with E-state index in [0.717, 1.165) is 22.9 Å². The minimum absolute atomic E-state index is 0.0586. The summed E-state index contributed by atoms with van der Waals surface area (Å²) in [5.41, 5.74) is 7.09. The molecule has 6 heteroatoms. The number of aromatic nitrogens is 2. The highest BCUT2D eigenvalue weighted by atomic mass is 32.2. The molecule has 1 aromatic carbocycles. The molecule has 0 aliphatic heterocycles. The Morgan fingerprint density at radius 3 is 2.74 bits per heavy atom. The zero-order valence-corrected chi connectivity index (χ0v) is 11.5. The molecule has 100 valence electrons. The molecule has 0 fully saturated rings. The van der Waals surface area contributed by atoms with E-state index in [1.807, 2.05) is 35.1 Å². The Hall–Kier alpha value is -1.95. The van der Waals surface area contributed by atoms with Crippen LogP contribution in [-0.4, -0.2) is 21.4 Å². The molecule has 5 nitrogen and oxygen atoms in total. The lowest BCUT2D eigenvalue weighted by Crippen LogP contribution is -2.05. The highest BCUT2D eigenvalue weighted by molar-refractivity contribution is 7.99. The number of anilines is 2. The van der Waals surface area contributed by atoms with E-state index in [9.17, 15) is 4.79 Å². The number of nitrogens with zero attached hydrogens (tertiary/aromatic N) is 2. The van der Waals surface area contributed by atoms with E-state index in [1.165, 1.54) is 6.92 Å². The molecule has 0 spiro atoms. The summed E-state index contributed by atoms with van der Waals surface area (Å²) in [5.74, 6) is 0.859. The van der Waals surface area contributed by atoms with Crippen LogP contribution in [0.2, 0.25) is 0 Å². The van der Waals surface area contributed by atoms with Crippen LogP contribution in [0.4, 0.5) is 11.4 Å². The Kier molecular flexibility index (Phi) is 4.46. The molecule has 0 bridgehead atoms. The van der Waals surface area contributed by atoms with Crippen LogP contribution in [0.3, 0.4) is 0 Å². The van der Waals surface area contributed by atoms with E-state index < -0.39 is 0 Å². The number of thioether (sulfide) groups is 1. The fraction of sp³-hybridized carbons (Fsp3) is 0.231. The summed E-state index contributed by atoms with van der Waals surface area (Å²) in [5, 5.41) is 6.87. The van der Waals surface area contributed by atoms with Crippen molar-refractivity contribution < 1.29 is 4.79 Å². The first kappa shape index (κ1) is 13.5. The van der Waals surface area contributed by atoms with Crippen LogP contribution >= 0.6 is 11.8 Å². The Labute approximate surface area is 116 Å². The highest BCUT2D eigenvalue weighted by Crippen LogP contribution is 2.20. The second-order valence-corrected chi connectivity index (χ2v) is 5.26. The second-order valence-electron chi connectivity index (χ2n) is 4.09. The number of carbonyl (C=O) groups is 1.